The summed E-state index contributed by atoms with van der Waals surface area (Å²) in [4.78, 5) is 29.0. The Morgan fingerprint density at radius 2 is 1.97 bits per heavy atom. The molecule has 6 rings (SSSR count). The maximum atomic E-state index is 15.9. The zero-order valence-electron chi connectivity index (χ0n) is 19.8. The van der Waals surface area contributed by atoms with E-state index in [0.29, 0.717) is 6.42 Å². The van der Waals surface area contributed by atoms with Crippen LogP contribution in [0.4, 0.5) is 18.2 Å². The smallest absolute Gasteiger partial charge is 0.256 e. The third-order valence-corrected chi connectivity index (χ3v) is 8.29. The number of rotatable bonds is 2. The monoisotopic (exact) mass is 536 g/mol. The molecule has 2 aromatic heterocycles. The molecule has 0 aliphatic carbocycles. The summed E-state index contributed by atoms with van der Waals surface area (Å²) >= 11 is 0.849. The summed E-state index contributed by atoms with van der Waals surface area (Å²) in [5.74, 6) is -3.31. The molecule has 4 aromatic rings. The quantitative estimate of drug-likeness (QED) is 0.389. The molecule has 2 aliphatic rings. The van der Waals surface area contributed by atoms with E-state index in [4.69, 9.17) is 5.73 Å². The fourth-order valence-corrected chi connectivity index (χ4v) is 6.49. The van der Waals surface area contributed by atoms with Crippen molar-refractivity contribution in [3.63, 3.8) is 0 Å². The number of nitriles is 1. The highest BCUT2D eigenvalue weighted by molar-refractivity contribution is 7.23. The second-order valence-corrected chi connectivity index (χ2v) is 10.3. The van der Waals surface area contributed by atoms with Crippen LogP contribution >= 0.6 is 11.3 Å². The minimum Gasteiger partial charge on any atom is -0.389 e. The normalized spacial score (nSPS) is 17.3. The number of hydrogen-bond donors (Lipinski definition) is 1. The highest BCUT2D eigenvalue weighted by Crippen LogP contribution is 2.45. The third-order valence-electron chi connectivity index (χ3n) is 7.26. The minimum atomic E-state index is -0.994. The zero-order valence-corrected chi connectivity index (χ0v) is 20.6. The molecule has 2 N–H and O–H groups in total. The largest absolute Gasteiger partial charge is 0.389 e. The Hall–Kier alpha value is -4.37. The molecule has 2 aromatic carbocycles. The number of halogens is 3. The maximum absolute atomic E-state index is 15.9. The summed E-state index contributed by atoms with van der Waals surface area (Å²) in [6.07, 6.45) is 1.60. The van der Waals surface area contributed by atoms with Crippen LogP contribution in [0.15, 0.2) is 30.9 Å². The Bertz CT molecular complexity index is 1750. The molecular weight excluding hydrogens is 517 g/mol. The first-order valence-corrected chi connectivity index (χ1v) is 12.6. The van der Waals surface area contributed by atoms with Crippen LogP contribution in [0.25, 0.3) is 32.1 Å². The number of fused-ring (bicyclic) bond motifs is 2. The predicted molar refractivity (Wildman–Crippen MR) is 136 cm³/mol. The first kappa shape index (κ1) is 24.0. The molecule has 38 heavy (non-hydrogen) atoms. The van der Waals surface area contributed by atoms with Crippen molar-refractivity contribution in [2.75, 3.05) is 25.4 Å². The van der Waals surface area contributed by atoms with E-state index < -0.39 is 23.5 Å². The standard InChI is InChI=1S/C26H19F3N6O2S/c1-2-18(36)33-7-8-34-12(11-33)5-6-35-22-14(26(34)37)9-17(28)20(21(22)24(29)32-35)13-3-4-16(27)23-19(13)15(10-30)25(31)38-23/h2-4,9,12H,1,5-8,11,31H2/t12-/m0/s1. The first-order chi connectivity index (χ1) is 18.2. The van der Waals surface area contributed by atoms with Crippen LogP contribution in [0.1, 0.15) is 22.3 Å². The maximum Gasteiger partial charge on any atom is 0.256 e. The van der Waals surface area contributed by atoms with Gasteiger partial charge in [-0.25, -0.2) is 8.78 Å². The van der Waals surface area contributed by atoms with Gasteiger partial charge in [0.1, 0.15) is 22.7 Å². The van der Waals surface area contributed by atoms with Crippen LogP contribution < -0.4 is 5.73 Å². The topological polar surface area (TPSA) is 108 Å². The van der Waals surface area contributed by atoms with Gasteiger partial charge in [0.2, 0.25) is 11.9 Å². The van der Waals surface area contributed by atoms with Crippen molar-refractivity contribution in [1.82, 2.24) is 19.6 Å². The lowest BCUT2D eigenvalue weighted by Crippen LogP contribution is -2.57. The molecule has 0 bridgehead atoms. The van der Waals surface area contributed by atoms with Gasteiger partial charge in [-0.1, -0.05) is 12.6 Å². The average molecular weight is 537 g/mol. The lowest BCUT2D eigenvalue weighted by atomic mass is 9.93. The Labute approximate surface area is 217 Å². The number of hydrogen-bond acceptors (Lipinski definition) is 6. The van der Waals surface area contributed by atoms with Crippen molar-refractivity contribution in [1.29, 1.82) is 5.26 Å². The number of carbonyl (C=O) groups is 2. The molecule has 0 radical (unpaired) electrons. The Morgan fingerprint density at radius 3 is 2.71 bits per heavy atom. The van der Waals surface area contributed by atoms with Gasteiger partial charge in [0.25, 0.3) is 5.91 Å². The van der Waals surface area contributed by atoms with Crippen molar-refractivity contribution >= 4 is 49.1 Å². The molecule has 1 fully saturated rings. The van der Waals surface area contributed by atoms with E-state index in [1.54, 1.807) is 9.80 Å². The molecule has 1 saturated heterocycles. The van der Waals surface area contributed by atoms with E-state index in [2.05, 4.69) is 11.7 Å². The van der Waals surface area contributed by atoms with Gasteiger partial charge < -0.3 is 15.5 Å². The number of benzene rings is 2. The summed E-state index contributed by atoms with van der Waals surface area (Å²) < 4.78 is 47.5. The summed E-state index contributed by atoms with van der Waals surface area (Å²) in [6.45, 7) is 4.50. The Kier molecular flexibility index (Phi) is 5.43. The van der Waals surface area contributed by atoms with Crippen LogP contribution in [0.5, 0.6) is 0 Å². The summed E-state index contributed by atoms with van der Waals surface area (Å²) in [5.41, 5.74) is 5.82. The van der Waals surface area contributed by atoms with E-state index in [1.807, 2.05) is 6.07 Å². The van der Waals surface area contributed by atoms with E-state index in [9.17, 15) is 19.2 Å². The molecule has 2 amide bonds. The Morgan fingerprint density at radius 1 is 1.18 bits per heavy atom. The number of nitrogen functional groups attached to an aromatic ring is 1. The van der Waals surface area contributed by atoms with Crippen molar-refractivity contribution in [2.45, 2.75) is 19.0 Å². The van der Waals surface area contributed by atoms with Gasteiger partial charge in [0.05, 0.1) is 32.8 Å². The van der Waals surface area contributed by atoms with Crippen LogP contribution in [0.3, 0.4) is 0 Å². The number of amides is 2. The summed E-state index contributed by atoms with van der Waals surface area (Å²) in [6, 6.07) is 4.99. The Balaban J connectivity index is 1.57. The first-order valence-electron chi connectivity index (χ1n) is 11.8. The average Bonchev–Trinajstić information content (AvgIpc) is 3.42. The molecule has 0 unspecified atom stereocenters. The van der Waals surface area contributed by atoms with Crippen LogP contribution in [0, 0.1) is 28.9 Å². The van der Waals surface area contributed by atoms with Gasteiger partial charge in [0.15, 0.2) is 0 Å². The molecule has 4 heterocycles. The van der Waals surface area contributed by atoms with Gasteiger partial charge in [-0.15, -0.1) is 16.4 Å². The van der Waals surface area contributed by atoms with Gasteiger partial charge >= 0.3 is 0 Å². The summed E-state index contributed by atoms with van der Waals surface area (Å²) in [5, 5.41) is 13.6. The van der Waals surface area contributed by atoms with Crippen molar-refractivity contribution < 1.29 is 22.8 Å². The second kappa shape index (κ2) is 8.59. The lowest BCUT2D eigenvalue weighted by molar-refractivity contribution is -0.128. The second-order valence-electron chi connectivity index (χ2n) is 9.20. The molecule has 192 valence electrons. The van der Waals surface area contributed by atoms with Crippen molar-refractivity contribution in [3.8, 4) is 17.2 Å². The molecule has 1 atom stereocenters. The number of aromatic nitrogens is 2. The number of nitrogens with zero attached hydrogens (tertiary/aromatic N) is 5. The van der Waals surface area contributed by atoms with Crippen LogP contribution in [-0.4, -0.2) is 57.1 Å². The molecule has 0 spiro atoms. The van der Waals surface area contributed by atoms with Gasteiger partial charge in [-0.3, -0.25) is 14.3 Å². The van der Waals surface area contributed by atoms with E-state index in [1.165, 1.54) is 16.8 Å². The minimum absolute atomic E-state index is 0.0316. The molecule has 12 heteroatoms. The number of thiophene rings is 1. The number of piperazine rings is 1. The molecule has 0 saturated carbocycles. The van der Waals surface area contributed by atoms with Crippen LogP contribution in [-0.2, 0) is 11.3 Å². The predicted octanol–water partition coefficient (Wildman–Crippen LogP) is 4.03. The lowest BCUT2D eigenvalue weighted by Gasteiger charge is -2.42. The third kappa shape index (κ3) is 3.31. The number of aryl methyl sites for hydroxylation is 1. The van der Waals surface area contributed by atoms with E-state index >= 15 is 8.78 Å². The van der Waals surface area contributed by atoms with Gasteiger partial charge in [-0.2, -0.15) is 9.65 Å². The van der Waals surface area contributed by atoms with E-state index in [-0.39, 0.29) is 86.4 Å². The van der Waals surface area contributed by atoms with Gasteiger partial charge in [0, 0.05) is 37.1 Å². The van der Waals surface area contributed by atoms with Crippen molar-refractivity contribution in [3.05, 3.63) is 59.6 Å². The SMILES string of the molecule is C=CC(=O)N1CCN2C(=O)c3cc(F)c(-c4ccc(F)c5sc(N)c(C#N)c45)c4c(F)nn(c34)CC[C@H]2C1. The molecule has 2 aliphatic heterocycles. The van der Waals surface area contributed by atoms with Crippen LogP contribution in [0.2, 0.25) is 0 Å². The fraction of sp³-hybridized carbons (Fsp3) is 0.231. The highest BCUT2D eigenvalue weighted by Gasteiger charge is 2.37. The van der Waals surface area contributed by atoms with Crippen molar-refractivity contribution in [2.24, 2.45) is 0 Å². The van der Waals surface area contributed by atoms with E-state index in [0.717, 1.165) is 23.5 Å². The summed E-state index contributed by atoms with van der Waals surface area (Å²) in [7, 11) is 0. The van der Waals surface area contributed by atoms with Gasteiger partial charge in [-0.05, 0) is 30.2 Å². The zero-order chi connectivity index (χ0) is 26.9. The fourth-order valence-electron chi connectivity index (χ4n) is 5.54. The number of nitrogens with two attached hydrogens (primary N) is 1. The number of carbonyl (C=O) groups excluding carboxylic acids is 2. The highest BCUT2D eigenvalue weighted by atomic mass is 32.1. The number of anilines is 1. The molecular formula is C26H19F3N6O2S. The molecule has 8 nitrogen and oxygen atoms in total.